The van der Waals surface area contributed by atoms with Crippen LogP contribution in [0.3, 0.4) is 0 Å². The molecule has 0 bridgehead atoms. The first kappa shape index (κ1) is 11.7. The molecule has 88 valence electrons. The Kier molecular flexibility index (Phi) is 2.83. The minimum atomic E-state index is -4.52. The standard InChI is InChI=1S/C9H7BrF3NO2/c10-7-2-14(5-3-16-4-5)8(15)1-6(7)9(11,12)13/h1-2,5H,3-4H2. The number of rotatable bonds is 1. The highest BCUT2D eigenvalue weighted by Gasteiger charge is 2.34. The molecule has 0 radical (unpaired) electrons. The zero-order valence-corrected chi connectivity index (χ0v) is 9.51. The van der Waals surface area contributed by atoms with Crippen molar-refractivity contribution in [1.29, 1.82) is 0 Å². The van der Waals surface area contributed by atoms with Crippen molar-refractivity contribution in [2.24, 2.45) is 0 Å². The summed E-state index contributed by atoms with van der Waals surface area (Å²) >= 11 is 2.82. The van der Waals surface area contributed by atoms with Gasteiger partial charge in [0.25, 0.3) is 5.56 Å². The van der Waals surface area contributed by atoms with Gasteiger partial charge in [0, 0.05) is 16.7 Å². The first-order chi connectivity index (χ1) is 7.39. The zero-order chi connectivity index (χ0) is 11.9. The molecule has 0 amide bonds. The summed E-state index contributed by atoms with van der Waals surface area (Å²) in [5.74, 6) is 0. The van der Waals surface area contributed by atoms with E-state index in [-0.39, 0.29) is 10.5 Å². The van der Waals surface area contributed by atoms with Gasteiger partial charge < -0.3 is 9.30 Å². The summed E-state index contributed by atoms with van der Waals surface area (Å²) in [6.07, 6.45) is -3.36. The van der Waals surface area contributed by atoms with E-state index in [0.717, 1.165) is 0 Å². The van der Waals surface area contributed by atoms with Gasteiger partial charge in [-0.1, -0.05) is 0 Å². The molecule has 0 saturated carbocycles. The van der Waals surface area contributed by atoms with Crippen molar-refractivity contribution >= 4 is 15.9 Å². The minimum Gasteiger partial charge on any atom is -0.377 e. The molecule has 1 aliphatic heterocycles. The van der Waals surface area contributed by atoms with Crippen molar-refractivity contribution in [3.05, 3.63) is 32.7 Å². The number of nitrogens with zero attached hydrogens (tertiary/aromatic N) is 1. The summed E-state index contributed by atoms with van der Waals surface area (Å²) in [6.45, 7) is 0.718. The molecule has 0 aliphatic carbocycles. The number of alkyl halides is 3. The van der Waals surface area contributed by atoms with E-state index in [2.05, 4.69) is 15.9 Å². The Bertz CT molecular complexity index is 465. The van der Waals surface area contributed by atoms with Crippen molar-refractivity contribution in [2.45, 2.75) is 12.2 Å². The van der Waals surface area contributed by atoms with Crippen LogP contribution in [0.1, 0.15) is 11.6 Å². The highest BCUT2D eigenvalue weighted by Crippen LogP contribution is 2.34. The summed E-state index contributed by atoms with van der Waals surface area (Å²) in [7, 11) is 0. The van der Waals surface area contributed by atoms with Gasteiger partial charge in [0.2, 0.25) is 0 Å². The Balaban J connectivity index is 2.46. The molecule has 1 saturated heterocycles. The maximum absolute atomic E-state index is 12.5. The third-order valence-electron chi connectivity index (χ3n) is 2.35. The van der Waals surface area contributed by atoms with Gasteiger partial charge in [-0.05, 0) is 15.9 Å². The first-order valence-electron chi connectivity index (χ1n) is 4.46. The lowest BCUT2D eigenvalue weighted by Gasteiger charge is -2.28. The van der Waals surface area contributed by atoms with Crippen LogP contribution in [0.4, 0.5) is 13.2 Å². The third kappa shape index (κ3) is 2.01. The molecular formula is C9H7BrF3NO2. The van der Waals surface area contributed by atoms with Gasteiger partial charge in [0.1, 0.15) is 0 Å². The molecule has 1 fully saturated rings. The number of aromatic nitrogens is 1. The van der Waals surface area contributed by atoms with Crippen LogP contribution < -0.4 is 5.56 Å². The van der Waals surface area contributed by atoms with E-state index in [1.54, 1.807) is 0 Å². The second-order valence-electron chi connectivity index (χ2n) is 3.47. The van der Waals surface area contributed by atoms with Gasteiger partial charge in [-0.25, -0.2) is 0 Å². The summed E-state index contributed by atoms with van der Waals surface area (Å²) in [5, 5.41) is 0. The molecule has 0 atom stereocenters. The van der Waals surface area contributed by atoms with E-state index in [9.17, 15) is 18.0 Å². The van der Waals surface area contributed by atoms with Crippen LogP contribution in [0.25, 0.3) is 0 Å². The van der Waals surface area contributed by atoms with Gasteiger partial charge in [-0.2, -0.15) is 13.2 Å². The van der Waals surface area contributed by atoms with Crippen molar-refractivity contribution in [3.63, 3.8) is 0 Å². The minimum absolute atomic E-state index is 0.133. The smallest absolute Gasteiger partial charge is 0.377 e. The fourth-order valence-corrected chi connectivity index (χ4v) is 1.97. The second-order valence-corrected chi connectivity index (χ2v) is 4.32. The number of halogens is 4. The maximum Gasteiger partial charge on any atom is 0.417 e. The molecule has 3 nitrogen and oxygen atoms in total. The van der Waals surface area contributed by atoms with E-state index in [4.69, 9.17) is 4.74 Å². The highest BCUT2D eigenvalue weighted by molar-refractivity contribution is 9.10. The van der Waals surface area contributed by atoms with Gasteiger partial charge in [-0.15, -0.1) is 0 Å². The van der Waals surface area contributed by atoms with E-state index in [1.807, 2.05) is 0 Å². The topological polar surface area (TPSA) is 31.2 Å². The van der Waals surface area contributed by atoms with Crippen LogP contribution in [-0.2, 0) is 10.9 Å². The zero-order valence-electron chi connectivity index (χ0n) is 7.92. The van der Waals surface area contributed by atoms with Crippen LogP contribution in [-0.4, -0.2) is 17.8 Å². The summed E-state index contributed by atoms with van der Waals surface area (Å²) in [5.41, 5.74) is -1.61. The van der Waals surface area contributed by atoms with Gasteiger partial charge in [0.15, 0.2) is 0 Å². The van der Waals surface area contributed by atoms with Crippen molar-refractivity contribution in [3.8, 4) is 0 Å². The van der Waals surface area contributed by atoms with Gasteiger partial charge in [0.05, 0.1) is 24.8 Å². The largest absolute Gasteiger partial charge is 0.417 e. The Hall–Kier alpha value is -0.820. The van der Waals surface area contributed by atoms with Crippen LogP contribution in [0, 0.1) is 0 Å². The highest BCUT2D eigenvalue weighted by atomic mass is 79.9. The van der Waals surface area contributed by atoms with Crippen molar-refractivity contribution in [1.82, 2.24) is 4.57 Å². The third-order valence-corrected chi connectivity index (χ3v) is 2.98. The number of pyridine rings is 1. The molecule has 0 spiro atoms. The molecule has 16 heavy (non-hydrogen) atoms. The van der Waals surface area contributed by atoms with Crippen molar-refractivity contribution in [2.75, 3.05) is 13.2 Å². The van der Waals surface area contributed by atoms with Crippen molar-refractivity contribution < 1.29 is 17.9 Å². The van der Waals surface area contributed by atoms with E-state index < -0.39 is 17.3 Å². The van der Waals surface area contributed by atoms with E-state index >= 15 is 0 Å². The molecule has 1 aliphatic rings. The SMILES string of the molecule is O=c1cc(C(F)(F)F)c(Br)cn1C1COC1. The van der Waals surface area contributed by atoms with E-state index in [0.29, 0.717) is 19.3 Å². The normalized spacial score (nSPS) is 17.2. The predicted octanol–water partition coefficient (Wildman–Crippen LogP) is 2.20. The maximum atomic E-state index is 12.5. The first-order valence-corrected chi connectivity index (χ1v) is 5.25. The molecule has 2 rings (SSSR count). The average Bonchev–Trinajstić information content (AvgIpc) is 2.05. The summed E-state index contributed by atoms with van der Waals surface area (Å²) in [4.78, 5) is 11.5. The van der Waals surface area contributed by atoms with Gasteiger partial charge in [-0.3, -0.25) is 4.79 Å². The molecule has 7 heteroatoms. The van der Waals surface area contributed by atoms with Crippen LogP contribution in [0.15, 0.2) is 21.5 Å². The number of ether oxygens (including phenoxy) is 1. The van der Waals surface area contributed by atoms with Crippen LogP contribution in [0.2, 0.25) is 0 Å². The fourth-order valence-electron chi connectivity index (χ4n) is 1.41. The lowest BCUT2D eigenvalue weighted by atomic mass is 10.2. The Morgan fingerprint density at radius 1 is 1.44 bits per heavy atom. The quantitative estimate of drug-likeness (QED) is 0.796. The molecule has 2 heterocycles. The summed E-state index contributed by atoms with van der Waals surface area (Å²) < 4.78 is 43.4. The van der Waals surface area contributed by atoms with Crippen LogP contribution >= 0.6 is 15.9 Å². The molecular weight excluding hydrogens is 291 g/mol. The van der Waals surface area contributed by atoms with Gasteiger partial charge >= 0.3 is 6.18 Å². The second kappa shape index (κ2) is 3.89. The monoisotopic (exact) mass is 297 g/mol. The van der Waals surface area contributed by atoms with Crippen LogP contribution in [0.5, 0.6) is 0 Å². The average molecular weight is 298 g/mol. The Morgan fingerprint density at radius 2 is 2.06 bits per heavy atom. The summed E-state index contributed by atoms with van der Waals surface area (Å²) in [6, 6.07) is 0.439. The molecule has 0 aromatic carbocycles. The molecule has 1 aromatic heterocycles. The predicted molar refractivity (Wildman–Crippen MR) is 53.3 cm³/mol. The Morgan fingerprint density at radius 3 is 2.50 bits per heavy atom. The molecule has 1 aromatic rings. The fraction of sp³-hybridized carbons (Fsp3) is 0.444. The lowest BCUT2D eigenvalue weighted by Crippen LogP contribution is -2.37. The Labute approximate surface area is 97.0 Å². The number of hydrogen-bond donors (Lipinski definition) is 0. The molecule has 0 unspecified atom stereocenters. The number of hydrogen-bond acceptors (Lipinski definition) is 2. The van der Waals surface area contributed by atoms with E-state index in [1.165, 1.54) is 10.8 Å². The lowest BCUT2D eigenvalue weighted by molar-refractivity contribution is -0.138. The molecule has 0 N–H and O–H groups in total.